The van der Waals surface area contributed by atoms with Gasteiger partial charge in [-0.05, 0) is 43.5 Å². The minimum atomic E-state index is -0.491. The Morgan fingerprint density at radius 2 is 2.03 bits per heavy atom. The van der Waals surface area contributed by atoms with Gasteiger partial charge in [0.2, 0.25) is 5.91 Å². The normalized spacial score (nSPS) is 18.2. The minimum absolute atomic E-state index is 0.0186. The summed E-state index contributed by atoms with van der Waals surface area (Å²) >= 11 is 5.90. The maximum absolute atomic E-state index is 13.5. The predicted octanol–water partition coefficient (Wildman–Crippen LogP) is 5.00. The first-order valence-corrected chi connectivity index (χ1v) is 10.8. The molecule has 9 heteroatoms. The molecular weight excluding hydrogens is 435 g/mol. The van der Waals surface area contributed by atoms with Crippen LogP contribution < -0.4 is 20.1 Å². The fraction of sp³-hybridized carbons (Fsp3) is 0.348. The number of methoxy groups -OCH3 is 1. The van der Waals surface area contributed by atoms with Gasteiger partial charge < -0.3 is 20.1 Å². The molecule has 0 saturated heterocycles. The van der Waals surface area contributed by atoms with E-state index in [2.05, 4.69) is 20.6 Å². The van der Waals surface area contributed by atoms with Crippen molar-refractivity contribution in [1.82, 2.24) is 15.3 Å². The standard InChI is InChI=1S/C23H24ClFN4O3/c1-13(30)28-14-4-3-5-16(8-14)32-22-10-17-20(11-21(22)31-2)26-12-27-23(17)29-15-6-7-19(25)18(24)9-15/h6-7,9-12,14,16H,3-5,8H2,1-2H3,(H,28,30)(H,26,27,29)/t14-,16+/m0/s1. The van der Waals surface area contributed by atoms with Crippen molar-refractivity contribution in [3.05, 3.63) is 47.5 Å². The topological polar surface area (TPSA) is 85.4 Å². The van der Waals surface area contributed by atoms with Crippen LogP contribution in [0.2, 0.25) is 5.02 Å². The summed E-state index contributed by atoms with van der Waals surface area (Å²) in [6.45, 7) is 1.53. The van der Waals surface area contributed by atoms with Gasteiger partial charge in [-0.2, -0.15) is 0 Å². The number of ether oxygens (including phenoxy) is 2. The van der Waals surface area contributed by atoms with Crippen molar-refractivity contribution in [3.63, 3.8) is 0 Å². The maximum atomic E-state index is 13.5. The van der Waals surface area contributed by atoms with Crippen LogP contribution in [0.1, 0.15) is 32.6 Å². The van der Waals surface area contributed by atoms with Gasteiger partial charge in [-0.3, -0.25) is 4.79 Å². The van der Waals surface area contributed by atoms with E-state index >= 15 is 0 Å². The highest BCUT2D eigenvalue weighted by molar-refractivity contribution is 6.31. The first-order chi connectivity index (χ1) is 15.4. The molecule has 0 radical (unpaired) electrons. The van der Waals surface area contributed by atoms with Crippen LogP contribution in [-0.2, 0) is 4.79 Å². The number of carbonyl (C=O) groups is 1. The summed E-state index contributed by atoms with van der Waals surface area (Å²) in [5.74, 6) is 1.14. The maximum Gasteiger partial charge on any atom is 0.217 e. The van der Waals surface area contributed by atoms with Crippen LogP contribution in [0.3, 0.4) is 0 Å². The summed E-state index contributed by atoms with van der Waals surface area (Å²) in [5.41, 5.74) is 1.26. The van der Waals surface area contributed by atoms with Crippen molar-refractivity contribution >= 4 is 39.9 Å². The largest absolute Gasteiger partial charge is 0.493 e. The molecule has 4 rings (SSSR count). The molecule has 1 fully saturated rings. The number of rotatable bonds is 6. The van der Waals surface area contributed by atoms with E-state index in [-0.39, 0.29) is 23.1 Å². The number of amides is 1. The van der Waals surface area contributed by atoms with Crippen molar-refractivity contribution in [2.75, 3.05) is 12.4 Å². The first kappa shape index (κ1) is 22.1. The second-order valence-electron chi connectivity index (χ2n) is 7.80. The van der Waals surface area contributed by atoms with Gasteiger partial charge in [0.05, 0.1) is 17.6 Å². The Kier molecular flexibility index (Phi) is 6.60. The number of nitrogens with zero attached hydrogens (tertiary/aromatic N) is 2. The molecule has 3 aromatic rings. The third-order valence-electron chi connectivity index (χ3n) is 5.43. The molecule has 1 heterocycles. The first-order valence-electron chi connectivity index (χ1n) is 10.4. The van der Waals surface area contributed by atoms with Crippen LogP contribution >= 0.6 is 11.6 Å². The Bertz CT molecular complexity index is 1140. The van der Waals surface area contributed by atoms with Gasteiger partial charge >= 0.3 is 0 Å². The molecule has 0 bridgehead atoms. The monoisotopic (exact) mass is 458 g/mol. The zero-order valence-electron chi connectivity index (χ0n) is 17.8. The van der Waals surface area contributed by atoms with E-state index in [9.17, 15) is 9.18 Å². The molecular formula is C23H24ClFN4O3. The average molecular weight is 459 g/mol. The van der Waals surface area contributed by atoms with Crippen LogP contribution in [0.5, 0.6) is 11.5 Å². The SMILES string of the molecule is COc1cc2ncnc(Nc3ccc(F)c(Cl)c3)c2cc1O[C@@H]1CCC[C@H](NC(C)=O)C1. The molecule has 1 aliphatic rings. The molecule has 1 amide bonds. The van der Waals surface area contributed by atoms with E-state index in [0.717, 1.165) is 31.1 Å². The molecule has 1 aromatic heterocycles. The third-order valence-corrected chi connectivity index (χ3v) is 5.72. The highest BCUT2D eigenvalue weighted by Gasteiger charge is 2.25. The average Bonchev–Trinajstić information content (AvgIpc) is 2.76. The second kappa shape index (κ2) is 9.56. The minimum Gasteiger partial charge on any atom is -0.493 e. The van der Waals surface area contributed by atoms with Gasteiger partial charge in [-0.1, -0.05) is 11.6 Å². The summed E-state index contributed by atoms with van der Waals surface area (Å²) in [7, 11) is 1.58. The highest BCUT2D eigenvalue weighted by atomic mass is 35.5. The quantitative estimate of drug-likeness (QED) is 0.540. The number of nitrogens with one attached hydrogen (secondary N) is 2. The van der Waals surface area contributed by atoms with E-state index in [1.807, 2.05) is 6.07 Å². The lowest BCUT2D eigenvalue weighted by Gasteiger charge is -2.30. The Morgan fingerprint density at radius 1 is 1.19 bits per heavy atom. The number of halogens is 2. The summed E-state index contributed by atoms with van der Waals surface area (Å²) < 4.78 is 25.4. The summed E-state index contributed by atoms with van der Waals surface area (Å²) in [5, 5.41) is 6.89. The van der Waals surface area contributed by atoms with E-state index in [0.29, 0.717) is 28.5 Å². The molecule has 2 atom stereocenters. The lowest BCUT2D eigenvalue weighted by atomic mass is 9.92. The lowest BCUT2D eigenvalue weighted by molar-refractivity contribution is -0.120. The van der Waals surface area contributed by atoms with Gasteiger partial charge in [0.25, 0.3) is 0 Å². The fourth-order valence-corrected chi connectivity index (χ4v) is 4.16. The van der Waals surface area contributed by atoms with Gasteiger partial charge in [0, 0.05) is 36.5 Å². The highest BCUT2D eigenvalue weighted by Crippen LogP contribution is 2.37. The Hall–Kier alpha value is -3.13. The molecule has 0 spiro atoms. The number of hydrogen-bond acceptors (Lipinski definition) is 6. The molecule has 2 N–H and O–H groups in total. The van der Waals surface area contributed by atoms with Crippen LogP contribution in [0, 0.1) is 5.82 Å². The van der Waals surface area contributed by atoms with Crippen molar-refractivity contribution in [2.45, 2.75) is 44.8 Å². The van der Waals surface area contributed by atoms with Gasteiger partial charge in [0.1, 0.15) is 24.1 Å². The van der Waals surface area contributed by atoms with Gasteiger partial charge in [-0.25, -0.2) is 14.4 Å². The summed E-state index contributed by atoms with van der Waals surface area (Å²) in [6.07, 6.45) is 4.91. The number of benzene rings is 2. The molecule has 168 valence electrons. The Labute approximate surface area is 190 Å². The number of carbonyl (C=O) groups excluding carboxylic acids is 1. The van der Waals surface area contributed by atoms with Gasteiger partial charge in [0.15, 0.2) is 11.5 Å². The number of anilines is 2. The molecule has 1 saturated carbocycles. The summed E-state index contributed by atoms with van der Waals surface area (Å²) in [4.78, 5) is 20.1. The van der Waals surface area contributed by atoms with Gasteiger partial charge in [-0.15, -0.1) is 0 Å². The zero-order valence-corrected chi connectivity index (χ0v) is 18.6. The summed E-state index contributed by atoms with van der Waals surface area (Å²) in [6, 6.07) is 8.10. The second-order valence-corrected chi connectivity index (χ2v) is 8.21. The Morgan fingerprint density at radius 3 is 2.78 bits per heavy atom. The molecule has 1 aliphatic carbocycles. The van der Waals surface area contributed by atoms with Crippen LogP contribution in [0.25, 0.3) is 10.9 Å². The van der Waals surface area contributed by atoms with Crippen molar-refractivity contribution in [1.29, 1.82) is 0 Å². The molecule has 0 unspecified atom stereocenters. The van der Waals surface area contributed by atoms with E-state index in [1.54, 1.807) is 19.2 Å². The van der Waals surface area contributed by atoms with Crippen molar-refractivity contribution in [3.8, 4) is 11.5 Å². The molecule has 0 aliphatic heterocycles. The van der Waals surface area contributed by atoms with E-state index in [4.69, 9.17) is 21.1 Å². The predicted molar refractivity (Wildman–Crippen MR) is 121 cm³/mol. The fourth-order valence-electron chi connectivity index (χ4n) is 3.98. The third kappa shape index (κ3) is 5.02. The van der Waals surface area contributed by atoms with Crippen LogP contribution in [-0.4, -0.2) is 35.1 Å². The van der Waals surface area contributed by atoms with E-state index in [1.165, 1.54) is 25.4 Å². The number of hydrogen-bond donors (Lipinski definition) is 2. The zero-order chi connectivity index (χ0) is 22.7. The Balaban J connectivity index is 1.63. The van der Waals surface area contributed by atoms with Crippen LogP contribution in [0.15, 0.2) is 36.7 Å². The van der Waals surface area contributed by atoms with E-state index < -0.39 is 5.82 Å². The number of aromatic nitrogens is 2. The number of fused-ring (bicyclic) bond motifs is 1. The van der Waals surface area contributed by atoms with Crippen molar-refractivity contribution < 1.29 is 18.7 Å². The van der Waals surface area contributed by atoms with Crippen molar-refractivity contribution in [2.24, 2.45) is 0 Å². The molecule has 32 heavy (non-hydrogen) atoms. The lowest BCUT2D eigenvalue weighted by Crippen LogP contribution is -2.40. The molecule has 7 nitrogen and oxygen atoms in total. The smallest absolute Gasteiger partial charge is 0.217 e. The van der Waals surface area contributed by atoms with Crippen LogP contribution in [0.4, 0.5) is 15.9 Å². The molecule has 2 aromatic carbocycles.